The second-order valence-corrected chi connectivity index (χ2v) is 3.56. The molecule has 0 aromatic rings. The summed E-state index contributed by atoms with van der Waals surface area (Å²) in [6.45, 7) is 0.497. The number of carbonyl (C=O) groups is 1. The Morgan fingerprint density at radius 3 is 1.79 bits per heavy atom. The highest BCUT2D eigenvalue weighted by Gasteiger charge is 2.42. The van der Waals surface area contributed by atoms with Crippen molar-refractivity contribution in [2.75, 3.05) is 13.1 Å². The van der Waals surface area contributed by atoms with Crippen molar-refractivity contribution in [3.63, 3.8) is 0 Å². The topological polar surface area (TPSA) is 20.3 Å². The summed E-state index contributed by atoms with van der Waals surface area (Å²) in [5.74, 6) is -1.68. The van der Waals surface area contributed by atoms with Gasteiger partial charge in [-0.05, 0) is 12.8 Å². The number of hydrogen-bond acceptors (Lipinski definition) is 1. The van der Waals surface area contributed by atoms with Gasteiger partial charge < -0.3 is 4.90 Å². The lowest BCUT2D eigenvalue weighted by Gasteiger charge is -2.25. The Balaban J connectivity index is 2.51. The van der Waals surface area contributed by atoms with Crippen molar-refractivity contribution in [3.8, 4) is 0 Å². The molecule has 1 aliphatic heterocycles. The highest BCUT2D eigenvalue weighted by molar-refractivity contribution is 5.81. The lowest BCUT2D eigenvalue weighted by Crippen LogP contribution is -2.42. The number of carbonyl (C=O) groups excluding carboxylic acids is 1. The first-order valence-corrected chi connectivity index (χ1v) is 4.88. The Morgan fingerprint density at radius 1 is 0.929 bits per heavy atom. The Kier molecular flexibility index (Phi) is 3.77. The molecule has 2 nitrogen and oxygen atoms in total. The summed E-state index contributed by atoms with van der Waals surface area (Å²) < 4.78 is 36.2. The number of alkyl halides is 3. The molecule has 1 fully saturated rings. The Morgan fingerprint density at radius 2 is 1.36 bits per heavy atom. The number of nitrogens with zero attached hydrogens (tertiary/aromatic N) is 1. The van der Waals surface area contributed by atoms with Crippen LogP contribution in [0.15, 0.2) is 0 Å². The van der Waals surface area contributed by atoms with Crippen LogP contribution < -0.4 is 0 Å². The maximum Gasteiger partial charge on any atom is 0.471 e. The van der Waals surface area contributed by atoms with E-state index in [9.17, 15) is 18.0 Å². The molecular formula is C9H14F3NO. The van der Waals surface area contributed by atoms with Crippen LogP contribution in [0.1, 0.15) is 32.1 Å². The van der Waals surface area contributed by atoms with E-state index in [2.05, 4.69) is 0 Å². The van der Waals surface area contributed by atoms with Crippen LogP contribution in [-0.4, -0.2) is 30.1 Å². The number of hydrogen-bond donors (Lipinski definition) is 0. The molecule has 5 heteroatoms. The van der Waals surface area contributed by atoms with Gasteiger partial charge in [-0.15, -0.1) is 0 Å². The number of amides is 1. The molecule has 82 valence electrons. The van der Waals surface area contributed by atoms with Gasteiger partial charge in [0.2, 0.25) is 0 Å². The summed E-state index contributed by atoms with van der Waals surface area (Å²) in [5.41, 5.74) is 0. The molecule has 1 saturated heterocycles. The molecule has 0 radical (unpaired) electrons. The monoisotopic (exact) mass is 209 g/mol. The van der Waals surface area contributed by atoms with E-state index >= 15 is 0 Å². The van der Waals surface area contributed by atoms with E-state index in [0.717, 1.165) is 24.2 Å². The standard InChI is InChI=1S/C9H14F3NO/c10-9(11,12)8(14)13-6-4-2-1-3-5-7-13/h1-7H2. The SMILES string of the molecule is O=C(N1CCCCCCC1)C(F)(F)F. The van der Waals surface area contributed by atoms with Gasteiger partial charge in [-0.3, -0.25) is 4.79 Å². The molecule has 0 unspecified atom stereocenters. The number of halogens is 3. The van der Waals surface area contributed by atoms with Gasteiger partial charge in [0.05, 0.1) is 0 Å². The molecule has 0 saturated carbocycles. The van der Waals surface area contributed by atoms with Crippen LogP contribution in [0.4, 0.5) is 13.2 Å². The average Bonchev–Trinajstić information content (AvgIpc) is 2.00. The molecule has 1 rings (SSSR count). The van der Waals surface area contributed by atoms with Crippen LogP contribution in [0.2, 0.25) is 0 Å². The highest BCUT2D eigenvalue weighted by atomic mass is 19.4. The smallest absolute Gasteiger partial charge is 0.335 e. The fourth-order valence-electron chi connectivity index (χ4n) is 1.63. The minimum Gasteiger partial charge on any atom is -0.335 e. The summed E-state index contributed by atoms with van der Waals surface area (Å²) in [4.78, 5) is 11.8. The first kappa shape index (κ1) is 11.3. The van der Waals surface area contributed by atoms with Crippen molar-refractivity contribution in [3.05, 3.63) is 0 Å². The zero-order valence-corrected chi connectivity index (χ0v) is 7.94. The summed E-state index contributed by atoms with van der Waals surface area (Å²) in [6.07, 6.45) is -0.444. The lowest BCUT2D eigenvalue weighted by atomic mass is 10.1. The molecule has 1 amide bonds. The fraction of sp³-hybridized carbons (Fsp3) is 0.889. The van der Waals surface area contributed by atoms with Crippen LogP contribution in [0.5, 0.6) is 0 Å². The minimum absolute atomic E-state index is 0.248. The maximum absolute atomic E-state index is 12.1. The van der Waals surface area contributed by atoms with Gasteiger partial charge in [0.15, 0.2) is 0 Å². The molecule has 1 aliphatic rings. The van der Waals surface area contributed by atoms with Gasteiger partial charge in [-0.1, -0.05) is 19.3 Å². The molecule has 14 heavy (non-hydrogen) atoms. The fourth-order valence-corrected chi connectivity index (χ4v) is 1.63. The van der Waals surface area contributed by atoms with E-state index in [-0.39, 0.29) is 13.1 Å². The lowest BCUT2D eigenvalue weighted by molar-refractivity contribution is -0.185. The third kappa shape index (κ3) is 3.20. The largest absolute Gasteiger partial charge is 0.471 e. The normalized spacial score (nSPS) is 20.1. The van der Waals surface area contributed by atoms with Crippen molar-refractivity contribution in [1.29, 1.82) is 0 Å². The molecule has 0 atom stereocenters. The van der Waals surface area contributed by atoms with Crippen LogP contribution in [0.3, 0.4) is 0 Å². The second-order valence-electron chi connectivity index (χ2n) is 3.56. The van der Waals surface area contributed by atoms with E-state index in [1.54, 1.807) is 0 Å². The molecule has 0 N–H and O–H groups in total. The van der Waals surface area contributed by atoms with E-state index in [0.29, 0.717) is 12.8 Å². The number of rotatable bonds is 0. The summed E-state index contributed by atoms with van der Waals surface area (Å²) in [7, 11) is 0. The first-order chi connectivity index (χ1) is 6.52. The van der Waals surface area contributed by atoms with Crippen molar-refractivity contribution in [2.24, 2.45) is 0 Å². The van der Waals surface area contributed by atoms with Gasteiger partial charge in [0.1, 0.15) is 0 Å². The minimum atomic E-state index is -4.71. The highest BCUT2D eigenvalue weighted by Crippen LogP contribution is 2.20. The van der Waals surface area contributed by atoms with Gasteiger partial charge in [-0.25, -0.2) is 0 Å². The zero-order chi connectivity index (χ0) is 10.6. The molecule has 0 aromatic heterocycles. The van der Waals surface area contributed by atoms with Gasteiger partial charge in [0.25, 0.3) is 0 Å². The van der Waals surface area contributed by atoms with E-state index < -0.39 is 12.1 Å². The van der Waals surface area contributed by atoms with Crippen molar-refractivity contribution in [2.45, 2.75) is 38.3 Å². The van der Waals surface area contributed by atoms with Gasteiger partial charge >= 0.3 is 12.1 Å². The Labute approximate surface area is 81.1 Å². The number of likely N-dealkylation sites (tertiary alicyclic amines) is 1. The third-order valence-corrected chi connectivity index (χ3v) is 2.39. The predicted octanol–water partition coefficient (Wildman–Crippen LogP) is 2.34. The summed E-state index contributed by atoms with van der Waals surface area (Å²) >= 11 is 0. The molecule has 0 aromatic carbocycles. The van der Waals surface area contributed by atoms with Gasteiger partial charge in [-0.2, -0.15) is 13.2 Å². The van der Waals surface area contributed by atoms with Gasteiger partial charge in [0, 0.05) is 13.1 Å². The quantitative estimate of drug-likeness (QED) is 0.599. The molecule has 0 bridgehead atoms. The summed E-state index contributed by atoms with van der Waals surface area (Å²) in [5, 5.41) is 0. The Hall–Kier alpha value is -0.740. The molecular weight excluding hydrogens is 195 g/mol. The van der Waals surface area contributed by atoms with Crippen LogP contribution in [0, 0.1) is 0 Å². The summed E-state index contributed by atoms with van der Waals surface area (Å²) in [6, 6.07) is 0. The van der Waals surface area contributed by atoms with Crippen LogP contribution >= 0.6 is 0 Å². The van der Waals surface area contributed by atoms with E-state index in [1.807, 2.05) is 0 Å². The van der Waals surface area contributed by atoms with Crippen LogP contribution in [0.25, 0.3) is 0 Å². The zero-order valence-electron chi connectivity index (χ0n) is 7.94. The second kappa shape index (κ2) is 4.66. The molecule has 0 spiro atoms. The first-order valence-electron chi connectivity index (χ1n) is 4.88. The van der Waals surface area contributed by atoms with Crippen molar-refractivity contribution in [1.82, 2.24) is 4.90 Å². The molecule has 1 heterocycles. The van der Waals surface area contributed by atoms with Crippen molar-refractivity contribution >= 4 is 5.91 Å². The average molecular weight is 209 g/mol. The predicted molar refractivity (Wildman–Crippen MR) is 45.7 cm³/mol. The van der Waals surface area contributed by atoms with Crippen LogP contribution in [-0.2, 0) is 4.79 Å². The maximum atomic E-state index is 12.1. The van der Waals surface area contributed by atoms with E-state index in [1.165, 1.54) is 0 Å². The Bertz CT molecular complexity index is 195. The van der Waals surface area contributed by atoms with Crippen molar-refractivity contribution < 1.29 is 18.0 Å². The molecule has 0 aliphatic carbocycles. The van der Waals surface area contributed by atoms with E-state index in [4.69, 9.17) is 0 Å². The third-order valence-electron chi connectivity index (χ3n) is 2.39.